The summed E-state index contributed by atoms with van der Waals surface area (Å²) in [4.78, 5) is 14.7. The van der Waals surface area contributed by atoms with Gasteiger partial charge in [0.05, 0.1) is 17.7 Å². The number of sulfone groups is 1. The van der Waals surface area contributed by atoms with Crippen LogP contribution in [0.5, 0.6) is 0 Å². The van der Waals surface area contributed by atoms with E-state index in [4.69, 9.17) is 20.4 Å². The molecule has 0 atom stereocenters. The molecule has 4 rings (SSSR count). The first kappa shape index (κ1) is 21.0. The maximum absolute atomic E-state index is 13.3. The lowest BCUT2D eigenvalue weighted by Crippen LogP contribution is -2.30. The Morgan fingerprint density at radius 3 is 2.32 bits per heavy atom. The summed E-state index contributed by atoms with van der Waals surface area (Å²) in [5, 5.41) is 0.0981. The number of halogens is 1. The van der Waals surface area contributed by atoms with Crippen LogP contribution in [0.4, 0.5) is 5.69 Å². The van der Waals surface area contributed by atoms with Crippen LogP contribution in [0.25, 0.3) is 0 Å². The Kier molecular flexibility index (Phi) is 5.71. The van der Waals surface area contributed by atoms with Crippen molar-refractivity contribution < 1.29 is 22.0 Å². The van der Waals surface area contributed by atoms with Crippen LogP contribution in [0.15, 0.2) is 97.9 Å². The van der Waals surface area contributed by atoms with Crippen LogP contribution >= 0.6 is 11.6 Å². The summed E-state index contributed by atoms with van der Waals surface area (Å²) in [5.74, 6) is -0.00744. The number of nitrogens with zero attached hydrogens (tertiary/aromatic N) is 1. The van der Waals surface area contributed by atoms with Gasteiger partial charge in [-0.3, -0.25) is 9.69 Å². The third kappa shape index (κ3) is 4.42. The topological polar surface area (TPSA) is 80.7 Å². The Bertz CT molecular complexity index is 1290. The van der Waals surface area contributed by atoms with Crippen molar-refractivity contribution in [1.82, 2.24) is 0 Å². The number of anilines is 1. The summed E-state index contributed by atoms with van der Waals surface area (Å²) < 4.78 is 36.6. The van der Waals surface area contributed by atoms with Crippen molar-refractivity contribution in [3.05, 3.63) is 101 Å². The first-order valence-electron chi connectivity index (χ1n) is 9.36. The number of benzene rings is 2. The van der Waals surface area contributed by atoms with E-state index in [-0.39, 0.29) is 22.3 Å². The zero-order valence-corrected chi connectivity index (χ0v) is 18.1. The van der Waals surface area contributed by atoms with Crippen LogP contribution in [0.3, 0.4) is 0 Å². The minimum atomic E-state index is -3.93. The summed E-state index contributed by atoms with van der Waals surface area (Å²) in [6.07, 6.45) is 1.52. The molecule has 0 fully saturated rings. The molecule has 0 radical (unpaired) electrons. The highest BCUT2D eigenvalue weighted by atomic mass is 35.5. The highest BCUT2D eigenvalue weighted by Gasteiger charge is 2.27. The first-order valence-corrected chi connectivity index (χ1v) is 11.2. The van der Waals surface area contributed by atoms with Crippen LogP contribution in [-0.4, -0.2) is 14.3 Å². The van der Waals surface area contributed by atoms with Gasteiger partial charge in [0.25, 0.3) is 5.91 Å². The molecule has 0 saturated heterocycles. The number of amides is 1. The Balaban J connectivity index is 1.67. The molecular formula is C23H18ClNO5S. The Morgan fingerprint density at radius 1 is 0.968 bits per heavy atom. The molecule has 0 aliphatic carbocycles. The molecule has 158 valence electrons. The highest BCUT2D eigenvalue weighted by Crippen LogP contribution is 2.27. The summed E-state index contributed by atoms with van der Waals surface area (Å²) in [5.41, 5.74) is 1.67. The fraction of sp³-hybridized carbons (Fsp3) is 0.0870. The molecule has 6 nitrogen and oxygen atoms in total. The minimum absolute atomic E-state index is 0.0243. The summed E-state index contributed by atoms with van der Waals surface area (Å²) >= 11 is 5.84. The Hall–Kier alpha value is -3.29. The maximum Gasteiger partial charge on any atom is 0.294 e. The third-order valence-electron chi connectivity index (χ3n) is 4.67. The molecule has 2 aromatic heterocycles. The molecule has 0 bridgehead atoms. The molecular weight excluding hydrogens is 438 g/mol. The molecule has 2 aromatic carbocycles. The number of hydrogen-bond acceptors (Lipinski definition) is 5. The van der Waals surface area contributed by atoms with Gasteiger partial charge in [-0.25, -0.2) is 8.42 Å². The SMILES string of the molecule is Cc1ccc(N(Cc2ccco2)C(=O)c2ccc(S(=O)(=O)c3ccc(Cl)cc3)o2)cc1. The molecule has 2 heterocycles. The molecule has 0 spiro atoms. The lowest BCUT2D eigenvalue weighted by molar-refractivity contribution is 0.0951. The average Bonchev–Trinajstić information content (AvgIpc) is 3.45. The van der Waals surface area contributed by atoms with E-state index in [2.05, 4.69) is 0 Å². The number of hydrogen-bond donors (Lipinski definition) is 0. The van der Waals surface area contributed by atoms with Gasteiger partial charge >= 0.3 is 0 Å². The van der Waals surface area contributed by atoms with Crippen LogP contribution < -0.4 is 4.90 Å². The van der Waals surface area contributed by atoms with E-state index in [0.717, 1.165) is 5.56 Å². The van der Waals surface area contributed by atoms with Gasteiger partial charge < -0.3 is 8.83 Å². The Labute approximate surface area is 184 Å². The minimum Gasteiger partial charge on any atom is -0.467 e. The summed E-state index contributed by atoms with van der Waals surface area (Å²) in [6, 6.07) is 19.2. The Morgan fingerprint density at radius 2 is 1.68 bits per heavy atom. The molecule has 31 heavy (non-hydrogen) atoms. The van der Waals surface area contributed by atoms with Gasteiger partial charge in [-0.05, 0) is 67.6 Å². The monoisotopic (exact) mass is 455 g/mol. The van der Waals surface area contributed by atoms with E-state index in [1.807, 2.05) is 31.2 Å². The van der Waals surface area contributed by atoms with Crippen molar-refractivity contribution >= 4 is 33.0 Å². The second kappa shape index (κ2) is 8.45. The van der Waals surface area contributed by atoms with E-state index >= 15 is 0 Å². The molecule has 8 heteroatoms. The van der Waals surface area contributed by atoms with Gasteiger partial charge in [-0.15, -0.1) is 0 Å². The largest absolute Gasteiger partial charge is 0.467 e. The third-order valence-corrected chi connectivity index (χ3v) is 6.56. The van der Waals surface area contributed by atoms with E-state index in [9.17, 15) is 13.2 Å². The fourth-order valence-electron chi connectivity index (χ4n) is 3.01. The second-order valence-electron chi connectivity index (χ2n) is 6.88. The molecule has 0 aliphatic heterocycles. The van der Waals surface area contributed by atoms with Crippen LogP contribution in [0.2, 0.25) is 5.02 Å². The van der Waals surface area contributed by atoms with Gasteiger partial charge in [0, 0.05) is 10.7 Å². The summed E-state index contributed by atoms with van der Waals surface area (Å²) in [7, 11) is -3.93. The molecule has 0 saturated carbocycles. The quantitative estimate of drug-likeness (QED) is 0.382. The number of carbonyl (C=O) groups is 1. The van der Waals surface area contributed by atoms with Gasteiger partial charge in [0.15, 0.2) is 5.76 Å². The average molecular weight is 456 g/mol. The summed E-state index contributed by atoms with van der Waals surface area (Å²) in [6.45, 7) is 2.11. The van der Waals surface area contributed by atoms with Crippen LogP contribution in [-0.2, 0) is 16.4 Å². The van der Waals surface area contributed by atoms with E-state index < -0.39 is 15.7 Å². The lowest BCUT2D eigenvalue weighted by Gasteiger charge is -2.21. The first-order chi connectivity index (χ1) is 14.8. The molecule has 0 aliphatic rings. The van der Waals surface area contributed by atoms with E-state index in [1.165, 1.54) is 47.6 Å². The number of aryl methyl sites for hydroxylation is 1. The van der Waals surface area contributed by atoms with E-state index in [0.29, 0.717) is 16.5 Å². The number of carbonyl (C=O) groups excluding carboxylic acids is 1. The molecule has 0 N–H and O–H groups in total. The van der Waals surface area contributed by atoms with Crippen molar-refractivity contribution in [2.75, 3.05) is 4.90 Å². The normalized spacial score (nSPS) is 11.4. The lowest BCUT2D eigenvalue weighted by atomic mass is 10.2. The van der Waals surface area contributed by atoms with Gasteiger partial charge in [0.1, 0.15) is 5.76 Å². The van der Waals surface area contributed by atoms with Crippen LogP contribution in [0.1, 0.15) is 21.9 Å². The molecule has 4 aromatic rings. The fourth-order valence-corrected chi connectivity index (χ4v) is 4.31. The zero-order valence-electron chi connectivity index (χ0n) is 16.5. The van der Waals surface area contributed by atoms with Crippen molar-refractivity contribution in [3.8, 4) is 0 Å². The van der Waals surface area contributed by atoms with Crippen molar-refractivity contribution in [3.63, 3.8) is 0 Å². The van der Waals surface area contributed by atoms with Gasteiger partial charge in [-0.1, -0.05) is 29.3 Å². The van der Waals surface area contributed by atoms with Crippen molar-refractivity contribution in [2.24, 2.45) is 0 Å². The second-order valence-corrected chi connectivity index (χ2v) is 9.20. The smallest absolute Gasteiger partial charge is 0.294 e. The van der Waals surface area contributed by atoms with Gasteiger partial charge in [-0.2, -0.15) is 0 Å². The molecule has 1 amide bonds. The molecule has 0 unspecified atom stereocenters. The van der Waals surface area contributed by atoms with Gasteiger partial charge in [0.2, 0.25) is 14.9 Å². The van der Waals surface area contributed by atoms with Crippen molar-refractivity contribution in [1.29, 1.82) is 0 Å². The number of furan rings is 2. The number of rotatable bonds is 6. The van der Waals surface area contributed by atoms with E-state index in [1.54, 1.807) is 12.1 Å². The maximum atomic E-state index is 13.3. The van der Waals surface area contributed by atoms with Crippen LogP contribution in [0, 0.1) is 6.92 Å². The van der Waals surface area contributed by atoms with Crippen molar-refractivity contribution in [2.45, 2.75) is 23.5 Å². The standard InChI is InChI=1S/C23H18ClNO5S/c1-16-4-8-18(9-5-16)25(15-19-3-2-14-29-19)23(26)21-12-13-22(30-21)31(27,28)20-10-6-17(24)7-11-20/h2-14H,15H2,1H3. The predicted molar refractivity (Wildman–Crippen MR) is 116 cm³/mol. The highest BCUT2D eigenvalue weighted by molar-refractivity contribution is 7.91. The zero-order chi connectivity index (χ0) is 22.0. The predicted octanol–water partition coefficient (Wildman–Crippen LogP) is 5.51.